The van der Waals surface area contributed by atoms with E-state index in [-0.39, 0.29) is 5.69 Å². The van der Waals surface area contributed by atoms with Crippen LogP contribution in [0, 0.1) is 10.1 Å². The van der Waals surface area contributed by atoms with E-state index >= 15 is 0 Å². The molecule has 0 saturated heterocycles. The van der Waals surface area contributed by atoms with Crippen LogP contribution in [0.25, 0.3) is 0 Å². The average molecular weight is 355 g/mol. The number of hydrogen-bond acceptors (Lipinski definition) is 4. The molecule has 0 fully saturated rings. The van der Waals surface area contributed by atoms with E-state index in [9.17, 15) is 14.9 Å². The molecule has 0 unspecified atom stereocenters. The van der Waals surface area contributed by atoms with Crippen molar-refractivity contribution in [3.8, 4) is 5.75 Å². The lowest BCUT2D eigenvalue weighted by atomic mass is 10.2. The molecule has 2 aromatic rings. The average Bonchev–Trinajstić information content (AvgIpc) is 2.50. The molecule has 0 aliphatic heterocycles. The molecule has 120 valence electrons. The van der Waals surface area contributed by atoms with Crippen molar-refractivity contribution >= 4 is 40.5 Å². The molecule has 0 heterocycles. The largest absolute Gasteiger partial charge is 0.479 e. The van der Waals surface area contributed by atoms with Gasteiger partial charge in [0.25, 0.3) is 11.6 Å². The highest BCUT2D eigenvalue weighted by molar-refractivity contribution is 6.35. The highest BCUT2D eigenvalue weighted by Gasteiger charge is 2.17. The number of non-ortho nitro benzene ring substituents is 1. The van der Waals surface area contributed by atoms with Crippen molar-refractivity contribution in [1.29, 1.82) is 0 Å². The molecule has 0 bridgehead atoms. The summed E-state index contributed by atoms with van der Waals surface area (Å²) in [5.74, 6) is -0.0766. The predicted molar refractivity (Wildman–Crippen MR) is 88.3 cm³/mol. The second kappa shape index (κ2) is 7.30. The maximum absolute atomic E-state index is 12.1. The Morgan fingerprint density at radius 3 is 2.43 bits per heavy atom. The van der Waals surface area contributed by atoms with Crippen molar-refractivity contribution < 1.29 is 14.5 Å². The van der Waals surface area contributed by atoms with E-state index in [4.69, 9.17) is 27.9 Å². The summed E-state index contributed by atoms with van der Waals surface area (Å²) in [5.41, 5.74) is 0.374. The molecular weight excluding hydrogens is 343 g/mol. The van der Waals surface area contributed by atoms with Gasteiger partial charge in [0, 0.05) is 22.8 Å². The van der Waals surface area contributed by atoms with E-state index in [0.717, 1.165) is 0 Å². The summed E-state index contributed by atoms with van der Waals surface area (Å²) in [6, 6.07) is 10.2. The van der Waals surface area contributed by atoms with Gasteiger partial charge in [0.05, 0.1) is 9.95 Å². The Labute approximate surface area is 142 Å². The molecule has 1 atom stereocenters. The molecule has 0 spiro atoms. The molecule has 6 nitrogen and oxygen atoms in total. The second-order valence-electron chi connectivity index (χ2n) is 4.63. The van der Waals surface area contributed by atoms with Crippen LogP contribution in [0.4, 0.5) is 11.4 Å². The minimum absolute atomic E-state index is 0.0553. The third-order valence-electron chi connectivity index (χ3n) is 2.91. The summed E-state index contributed by atoms with van der Waals surface area (Å²) in [5, 5.41) is 13.9. The molecule has 2 aromatic carbocycles. The van der Waals surface area contributed by atoms with Gasteiger partial charge in [0.1, 0.15) is 5.75 Å². The van der Waals surface area contributed by atoms with Gasteiger partial charge in [-0.1, -0.05) is 23.2 Å². The van der Waals surface area contributed by atoms with E-state index in [1.54, 1.807) is 19.1 Å². The number of nitro benzene ring substituents is 1. The predicted octanol–water partition coefficient (Wildman–Crippen LogP) is 4.31. The van der Waals surface area contributed by atoms with Crippen molar-refractivity contribution in [2.24, 2.45) is 0 Å². The quantitative estimate of drug-likeness (QED) is 0.640. The Kier molecular flexibility index (Phi) is 5.41. The van der Waals surface area contributed by atoms with Crippen LogP contribution in [0.1, 0.15) is 6.92 Å². The molecule has 1 N–H and O–H groups in total. The van der Waals surface area contributed by atoms with Crippen molar-refractivity contribution in [2.45, 2.75) is 13.0 Å². The first-order valence-corrected chi connectivity index (χ1v) is 7.29. The van der Waals surface area contributed by atoms with E-state index in [0.29, 0.717) is 21.5 Å². The first-order valence-electron chi connectivity index (χ1n) is 6.54. The molecular formula is C15H12Cl2N2O4. The first-order chi connectivity index (χ1) is 10.9. The van der Waals surface area contributed by atoms with Gasteiger partial charge in [-0.05, 0) is 37.3 Å². The fourth-order valence-electron chi connectivity index (χ4n) is 1.73. The zero-order chi connectivity index (χ0) is 17.0. The fourth-order valence-corrected chi connectivity index (χ4v) is 2.18. The maximum Gasteiger partial charge on any atom is 0.269 e. The minimum atomic E-state index is -0.816. The minimum Gasteiger partial charge on any atom is -0.479 e. The Balaban J connectivity index is 2.00. The van der Waals surface area contributed by atoms with Gasteiger partial charge in [-0.15, -0.1) is 0 Å². The number of nitro groups is 1. The number of anilines is 1. The number of amides is 1. The van der Waals surface area contributed by atoms with Crippen LogP contribution in [0.3, 0.4) is 0 Å². The summed E-state index contributed by atoms with van der Waals surface area (Å²) in [6.45, 7) is 1.56. The summed E-state index contributed by atoms with van der Waals surface area (Å²) >= 11 is 11.8. The van der Waals surface area contributed by atoms with Crippen LogP contribution < -0.4 is 10.1 Å². The van der Waals surface area contributed by atoms with E-state index in [1.807, 2.05) is 0 Å². The number of hydrogen-bond donors (Lipinski definition) is 1. The molecule has 2 rings (SSSR count). The maximum atomic E-state index is 12.1. The lowest BCUT2D eigenvalue weighted by Gasteiger charge is -2.15. The van der Waals surface area contributed by atoms with E-state index in [2.05, 4.69) is 5.32 Å². The SMILES string of the molecule is C[C@H](Oc1ccc(Cl)cc1Cl)C(=O)Nc1ccc([N+](=O)[O-])cc1. The Bertz CT molecular complexity index is 735. The Morgan fingerprint density at radius 2 is 1.87 bits per heavy atom. The summed E-state index contributed by atoms with van der Waals surface area (Å²) in [7, 11) is 0. The third-order valence-corrected chi connectivity index (χ3v) is 3.44. The number of carbonyl (C=O) groups is 1. The number of rotatable bonds is 5. The highest BCUT2D eigenvalue weighted by atomic mass is 35.5. The number of benzene rings is 2. The molecule has 0 aliphatic carbocycles. The standard InChI is InChI=1S/C15H12Cl2N2O4/c1-9(23-14-7-2-10(16)8-13(14)17)15(20)18-11-3-5-12(6-4-11)19(21)22/h2-9H,1H3,(H,18,20)/t9-/m0/s1. The zero-order valence-corrected chi connectivity index (χ0v) is 13.5. The van der Waals surface area contributed by atoms with Crippen LogP contribution >= 0.6 is 23.2 Å². The van der Waals surface area contributed by atoms with Crippen LogP contribution in [0.5, 0.6) is 5.75 Å². The van der Waals surface area contributed by atoms with E-state index < -0.39 is 16.9 Å². The third kappa shape index (κ3) is 4.58. The Hall–Kier alpha value is -2.31. The second-order valence-corrected chi connectivity index (χ2v) is 5.47. The van der Waals surface area contributed by atoms with Crippen LogP contribution in [0.2, 0.25) is 10.0 Å². The van der Waals surface area contributed by atoms with Gasteiger partial charge in [-0.25, -0.2) is 0 Å². The van der Waals surface area contributed by atoms with Gasteiger partial charge in [-0.2, -0.15) is 0 Å². The molecule has 23 heavy (non-hydrogen) atoms. The van der Waals surface area contributed by atoms with Crippen molar-refractivity contribution in [2.75, 3.05) is 5.32 Å². The van der Waals surface area contributed by atoms with Crippen LogP contribution in [0.15, 0.2) is 42.5 Å². The van der Waals surface area contributed by atoms with Crippen molar-refractivity contribution in [3.05, 3.63) is 62.6 Å². The van der Waals surface area contributed by atoms with Gasteiger partial charge in [0.15, 0.2) is 6.10 Å². The molecule has 8 heteroatoms. The van der Waals surface area contributed by atoms with Crippen LogP contribution in [-0.2, 0) is 4.79 Å². The molecule has 0 aromatic heterocycles. The van der Waals surface area contributed by atoms with E-state index in [1.165, 1.54) is 30.3 Å². The van der Waals surface area contributed by atoms with Gasteiger partial charge < -0.3 is 10.1 Å². The monoisotopic (exact) mass is 354 g/mol. The molecule has 0 saturated carbocycles. The normalized spacial score (nSPS) is 11.6. The van der Waals surface area contributed by atoms with Crippen molar-refractivity contribution in [3.63, 3.8) is 0 Å². The number of carbonyl (C=O) groups excluding carboxylic acids is 1. The van der Waals surface area contributed by atoms with Gasteiger partial charge in [0.2, 0.25) is 0 Å². The lowest BCUT2D eigenvalue weighted by Crippen LogP contribution is -2.30. The summed E-state index contributed by atoms with van der Waals surface area (Å²) in [4.78, 5) is 22.1. The summed E-state index contributed by atoms with van der Waals surface area (Å²) in [6.07, 6.45) is -0.816. The molecule has 1 amide bonds. The first kappa shape index (κ1) is 17.1. The molecule has 0 radical (unpaired) electrons. The highest BCUT2D eigenvalue weighted by Crippen LogP contribution is 2.28. The zero-order valence-electron chi connectivity index (χ0n) is 12.0. The van der Waals surface area contributed by atoms with Crippen molar-refractivity contribution in [1.82, 2.24) is 0 Å². The Morgan fingerprint density at radius 1 is 1.22 bits per heavy atom. The van der Waals surface area contributed by atoms with Gasteiger partial charge in [-0.3, -0.25) is 14.9 Å². The lowest BCUT2D eigenvalue weighted by molar-refractivity contribution is -0.384. The number of halogens is 2. The molecule has 0 aliphatic rings. The summed E-state index contributed by atoms with van der Waals surface area (Å²) < 4.78 is 5.49. The van der Waals surface area contributed by atoms with Gasteiger partial charge >= 0.3 is 0 Å². The smallest absolute Gasteiger partial charge is 0.269 e. The van der Waals surface area contributed by atoms with Crippen LogP contribution in [-0.4, -0.2) is 16.9 Å². The number of nitrogens with one attached hydrogen (secondary N) is 1. The fraction of sp³-hybridized carbons (Fsp3) is 0.133. The number of nitrogens with zero attached hydrogens (tertiary/aromatic N) is 1. The number of ether oxygens (including phenoxy) is 1. The topological polar surface area (TPSA) is 81.5 Å².